The average Bonchev–Trinajstić information content (AvgIpc) is 3.61. The summed E-state index contributed by atoms with van der Waals surface area (Å²) in [5, 5.41) is 14.7. The zero-order chi connectivity index (χ0) is 33.7. The molecule has 9 aromatic rings. The second kappa shape index (κ2) is 12.1. The zero-order valence-electron chi connectivity index (χ0n) is 27.8. The van der Waals surface area contributed by atoms with Crippen LogP contribution in [0.4, 0.5) is 0 Å². The first-order chi connectivity index (χ1) is 25.3. The Labute approximate surface area is 295 Å². The minimum Gasteiger partial charge on any atom is -0.455 e. The molecule has 0 radical (unpaired) electrons. The number of nitrogens with one attached hydrogen (secondary N) is 2. The van der Waals surface area contributed by atoms with Crippen LogP contribution in [0, 0.1) is 0 Å². The number of furan rings is 1. The average molecular weight is 656 g/mol. The summed E-state index contributed by atoms with van der Waals surface area (Å²) in [6.45, 7) is 0. The van der Waals surface area contributed by atoms with Gasteiger partial charge >= 0.3 is 0 Å². The number of aliphatic imine (C=N–C) groups is 1. The zero-order valence-corrected chi connectivity index (χ0v) is 27.8. The first kappa shape index (κ1) is 29.4. The summed E-state index contributed by atoms with van der Waals surface area (Å²) in [6, 6.07) is 62.1. The third kappa shape index (κ3) is 5.08. The van der Waals surface area contributed by atoms with Crippen LogP contribution >= 0.6 is 0 Å². The lowest BCUT2D eigenvalue weighted by molar-refractivity contribution is 0.411. The Morgan fingerprint density at radius 2 is 1.12 bits per heavy atom. The normalized spacial score (nSPS) is 16.0. The van der Waals surface area contributed by atoms with Crippen molar-refractivity contribution in [2.24, 2.45) is 4.99 Å². The molecule has 8 aromatic carbocycles. The second-order valence-corrected chi connectivity index (χ2v) is 13.2. The van der Waals surface area contributed by atoms with Crippen LogP contribution in [0.3, 0.4) is 0 Å². The lowest BCUT2D eigenvalue weighted by atomic mass is 9.94. The van der Waals surface area contributed by atoms with Crippen molar-refractivity contribution in [2.45, 2.75) is 12.3 Å². The van der Waals surface area contributed by atoms with Crippen molar-refractivity contribution in [3.8, 4) is 22.3 Å². The second-order valence-electron chi connectivity index (χ2n) is 13.2. The highest BCUT2D eigenvalue weighted by Gasteiger charge is 2.29. The summed E-state index contributed by atoms with van der Waals surface area (Å²) in [7, 11) is 0. The van der Waals surface area contributed by atoms with Gasteiger partial charge in [-0.15, -0.1) is 0 Å². The van der Waals surface area contributed by atoms with Gasteiger partial charge in [0.2, 0.25) is 0 Å². The molecule has 4 heteroatoms. The molecule has 0 saturated heterocycles. The van der Waals surface area contributed by atoms with Crippen molar-refractivity contribution < 1.29 is 4.42 Å². The maximum Gasteiger partial charge on any atom is 0.143 e. The number of benzene rings is 8. The summed E-state index contributed by atoms with van der Waals surface area (Å²) < 4.78 is 6.73. The van der Waals surface area contributed by atoms with Crippen molar-refractivity contribution >= 4 is 49.3 Å². The van der Waals surface area contributed by atoms with E-state index in [1.807, 2.05) is 6.07 Å². The molecular weight excluding hydrogens is 623 g/mol. The van der Waals surface area contributed by atoms with E-state index in [9.17, 15) is 0 Å². The maximum absolute atomic E-state index is 6.73. The van der Waals surface area contributed by atoms with E-state index < -0.39 is 0 Å². The Kier molecular flexibility index (Phi) is 7.00. The molecule has 0 bridgehead atoms. The summed E-state index contributed by atoms with van der Waals surface area (Å²) in [6.07, 6.45) is -0.526. The molecule has 1 aliphatic heterocycles. The van der Waals surface area contributed by atoms with Crippen molar-refractivity contribution in [1.82, 2.24) is 10.6 Å². The van der Waals surface area contributed by atoms with Crippen LogP contribution in [0.1, 0.15) is 29.0 Å². The van der Waals surface area contributed by atoms with Gasteiger partial charge in [-0.2, -0.15) is 0 Å². The molecule has 242 valence electrons. The van der Waals surface area contributed by atoms with Crippen LogP contribution in [-0.4, -0.2) is 5.84 Å². The van der Waals surface area contributed by atoms with Gasteiger partial charge in [-0.25, -0.2) is 4.99 Å². The van der Waals surface area contributed by atoms with Crippen LogP contribution in [0.25, 0.3) is 65.7 Å². The molecule has 0 aliphatic carbocycles. The van der Waals surface area contributed by atoms with E-state index in [0.29, 0.717) is 0 Å². The Morgan fingerprint density at radius 3 is 1.92 bits per heavy atom. The molecule has 0 spiro atoms. The van der Waals surface area contributed by atoms with Gasteiger partial charge in [0, 0.05) is 27.5 Å². The summed E-state index contributed by atoms with van der Waals surface area (Å²) >= 11 is 0. The SMILES string of the molecule is c1ccc(-c2ccc(-c3ccc(C4NC(c5cc6ccccc6c6ccccc56)=NC(c5ccccc5)N4)c4c3oc3ccccc34)cc2)cc1. The van der Waals surface area contributed by atoms with Gasteiger partial charge in [0.25, 0.3) is 0 Å². The molecule has 4 nitrogen and oxygen atoms in total. The van der Waals surface area contributed by atoms with Crippen LogP contribution in [-0.2, 0) is 0 Å². The minimum absolute atomic E-state index is 0.258. The Hall–Kier alpha value is -6.49. The van der Waals surface area contributed by atoms with E-state index in [1.54, 1.807) is 0 Å². The van der Waals surface area contributed by atoms with Crippen molar-refractivity contribution in [3.63, 3.8) is 0 Å². The fraction of sp³-hybridized carbons (Fsp3) is 0.0426. The fourth-order valence-corrected chi connectivity index (χ4v) is 7.71. The standard InChI is InChI=1S/C47H33N3O/c1-3-13-30(14-4-1)31-23-25-32(26-24-31)36-27-28-40(43-39-21-11-12-22-42(39)51-44(36)43)46-48-45(33-15-5-2-6-16-33)49-47(50-46)41-29-34-17-7-8-18-35(34)37-19-9-10-20-38(37)41/h1-29,45-46,48H,(H,49,50). The van der Waals surface area contributed by atoms with Gasteiger partial charge in [-0.1, -0.05) is 164 Å². The van der Waals surface area contributed by atoms with Gasteiger partial charge < -0.3 is 9.73 Å². The number of fused-ring (bicyclic) bond motifs is 6. The van der Waals surface area contributed by atoms with Gasteiger partial charge in [0.05, 0.1) is 0 Å². The molecule has 10 rings (SSSR count). The fourth-order valence-electron chi connectivity index (χ4n) is 7.71. The van der Waals surface area contributed by atoms with Crippen molar-refractivity contribution in [1.29, 1.82) is 0 Å². The van der Waals surface area contributed by atoms with E-state index in [4.69, 9.17) is 9.41 Å². The van der Waals surface area contributed by atoms with E-state index in [1.165, 1.54) is 32.7 Å². The topological polar surface area (TPSA) is 49.6 Å². The largest absolute Gasteiger partial charge is 0.455 e. The molecule has 0 amide bonds. The predicted octanol–water partition coefficient (Wildman–Crippen LogP) is 11.6. The number of hydrogen-bond donors (Lipinski definition) is 2. The smallest absolute Gasteiger partial charge is 0.143 e. The van der Waals surface area contributed by atoms with E-state index in [2.05, 4.69) is 180 Å². The Bertz CT molecular complexity index is 2750. The van der Waals surface area contributed by atoms with Crippen molar-refractivity contribution in [3.05, 3.63) is 193 Å². The summed E-state index contributed by atoms with van der Waals surface area (Å²) in [4.78, 5) is 5.35. The predicted molar refractivity (Wildman–Crippen MR) is 211 cm³/mol. The van der Waals surface area contributed by atoms with Gasteiger partial charge in [0.1, 0.15) is 29.3 Å². The molecule has 2 N–H and O–H groups in total. The summed E-state index contributed by atoms with van der Waals surface area (Å²) in [5.41, 5.74) is 9.61. The molecule has 0 saturated carbocycles. The minimum atomic E-state index is -0.267. The van der Waals surface area contributed by atoms with Crippen molar-refractivity contribution in [2.75, 3.05) is 0 Å². The van der Waals surface area contributed by atoms with Crippen LogP contribution in [0.15, 0.2) is 185 Å². The number of nitrogens with zero attached hydrogens (tertiary/aromatic N) is 1. The molecular formula is C47H33N3O. The van der Waals surface area contributed by atoms with E-state index in [-0.39, 0.29) is 12.3 Å². The molecule has 1 aromatic heterocycles. The molecule has 0 fully saturated rings. The highest BCUT2D eigenvalue weighted by atomic mass is 16.3. The van der Waals surface area contributed by atoms with Crippen LogP contribution < -0.4 is 10.6 Å². The third-order valence-electron chi connectivity index (χ3n) is 10.2. The molecule has 2 atom stereocenters. The Morgan fingerprint density at radius 1 is 0.490 bits per heavy atom. The monoisotopic (exact) mass is 655 g/mol. The highest BCUT2D eigenvalue weighted by molar-refractivity contribution is 6.19. The summed E-state index contributed by atoms with van der Waals surface area (Å²) in [5.74, 6) is 0.857. The first-order valence-corrected chi connectivity index (χ1v) is 17.4. The van der Waals surface area contributed by atoms with Gasteiger partial charge in [-0.05, 0) is 55.9 Å². The van der Waals surface area contributed by atoms with Gasteiger partial charge in [0.15, 0.2) is 0 Å². The lowest BCUT2D eigenvalue weighted by Gasteiger charge is -2.33. The number of hydrogen-bond acceptors (Lipinski definition) is 4. The molecule has 2 unspecified atom stereocenters. The highest BCUT2D eigenvalue weighted by Crippen LogP contribution is 2.41. The first-order valence-electron chi connectivity index (χ1n) is 17.4. The van der Waals surface area contributed by atoms with Gasteiger partial charge in [-0.3, -0.25) is 5.32 Å². The maximum atomic E-state index is 6.73. The van der Waals surface area contributed by atoms with Crippen LogP contribution in [0.5, 0.6) is 0 Å². The van der Waals surface area contributed by atoms with E-state index >= 15 is 0 Å². The Balaban J connectivity index is 1.14. The quantitative estimate of drug-likeness (QED) is 0.181. The van der Waals surface area contributed by atoms with E-state index in [0.717, 1.165) is 55.6 Å². The van der Waals surface area contributed by atoms with Crippen LogP contribution in [0.2, 0.25) is 0 Å². The molecule has 2 heterocycles. The third-order valence-corrected chi connectivity index (χ3v) is 10.2. The lowest BCUT2D eigenvalue weighted by Crippen LogP contribution is -2.45. The molecule has 51 heavy (non-hydrogen) atoms. The number of para-hydroxylation sites is 1. The molecule has 1 aliphatic rings. The number of amidine groups is 1. The number of rotatable bonds is 5.